The van der Waals surface area contributed by atoms with Gasteiger partial charge in [-0.2, -0.15) is 13.0 Å². The largest absolute Gasteiger partial charge is 0.344 e. The quantitative estimate of drug-likeness (QED) is 0.142. The third-order valence-electron chi connectivity index (χ3n) is 9.73. The molecule has 3 aliphatic rings. The molecule has 2 aromatic rings. The van der Waals surface area contributed by atoms with Crippen molar-refractivity contribution in [2.24, 2.45) is 0 Å². The molecule has 7 heteroatoms. The first-order valence-corrected chi connectivity index (χ1v) is 18.4. The van der Waals surface area contributed by atoms with Crippen molar-refractivity contribution in [3.8, 4) is 0 Å². The number of nitrogens with zero attached hydrogens (tertiary/aromatic N) is 2. The van der Waals surface area contributed by atoms with E-state index in [1.165, 1.54) is 53.1 Å². The number of unbranched alkanes of at least 4 members (excludes halogenated alkanes) is 3. The van der Waals surface area contributed by atoms with Gasteiger partial charge in [-0.25, -0.2) is 0 Å². The highest BCUT2D eigenvalue weighted by Gasteiger charge is 2.44. The molecule has 0 saturated heterocycles. The predicted octanol–water partition coefficient (Wildman–Crippen LogP) is 9.37. The number of para-hydroxylation sites is 2. The molecule has 0 unspecified atom stereocenters. The van der Waals surface area contributed by atoms with Crippen LogP contribution in [0.1, 0.15) is 90.7 Å². The van der Waals surface area contributed by atoms with E-state index in [0.29, 0.717) is 19.4 Å². The molecule has 0 saturated carbocycles. The van der Waals surface area contributed by atoms with Crippen LogP contribution in [0.2, 0.25) is 0 Å². The van der Waals surface area contributed by atoms with Gasteiger partial charge in [0.25, 0.3) is 10.1 Å². The maximum atomic E-state index is 11.3. The van der Waals surface area contributed by atoms with Crippen LogP contribution in [0, 0.1) is 0 Å². The summed E-state index contributed by atoms with van der Waals surface area (Å²) < 4.78 is 34.2. The van der Waals surface area contributed by atoms with E-state index in [1.54, 1.807) is 0 Å². The summed E-state index contributed by atoms with van der Waals surface area (Å²) in [5.41, 5.74) is 9.61. The summed E-state index contributed by atoms with van der Waals surface area (Å²) in [5, 5.41) is 0.836. The minimum Gasteiger partial charge on any atom is -0.344 e. The van der Waals surface area contributed by atoms with Crippen molar-refractivity contribution in [3.63, 3.8) is 0 Å². The highest BCUT2D eigenvalue weighted by atomic mass is 35.5. The van der Waals surface area contributed by atoms with Crippen LogP contribution >= 0.6 is 11.6 Å². The van der Waals surface area contributed by atoms with Crippen molar-refractivity contribution < 1.29 is 17.5 Å². The standard InChI is InChI=1S/C38H47ClN2O3S/c1-6-7-12-25-40-32-17-10-8-15-30(32)37(2,3)34(40)23-21-28-19-20-29(36(28)39)22-24-35-38(4,5)31-16-9-11-18-33(31)41(35)26-13-14-27-45(42,43)44/h8-11,15-18,21-24H,6-7,12-14,19-20,25-27H2,1-5H3/p+1. The lowest BCUT2D eigenvalue weighted by Crippen LogP contribution is -2.28. The first kappa shape index (κ1) is 33.4. The molecule has 5 rings (SSSR count). The number of hydrogen-bond donors (Lipinski definition) is 1. The van der Waals surface area contributed by atoms with E-state index >= 15 is 0 Å². The Morgan fingerprint density at radius 2 is 1.60 bits per heavy atom. The van der Waals surface area contributed by atoms with Crippen LogP contribution in [0.5, 0.6) is 0 Å². The number of fused-ring (bicyclic) bond motifs is 2. The molecule has 1 aliphatic carbocycles. The third kappa shape index (κ3) is 6.94. The van der Waals surface area contributed by atoms with Crippen LogP contribution < -0.4 is 4.90 Å². The highest BCUT2D eigenvalue weighted by molar-refractivity contribution is 7.85. The monoisotopic (exact) mass is 647 g/mol. The molecule has 0 fully saturated rings. The Morgan fingerprint density at radius 3 is 2.33 bits per heavy atom. The number of anilines is 1. The molecule has 2 aliphatic heterocycles. The maximum Gasteiger partial charge on any atom is 0.264 e. The molecule has 0 bridgehead atoms. The van der Waals surface area contributed by atoms with Crippen LogP contribution in [-0.4, -0.2) is 42.1 Å². The number of hydrogen-bond acceptors (Lipinski definition) is 3. The molecule has 0 radical (unpaired) electrons. The fourth-order valence-electron chi connectivity index (χ4n) is 7.21. The molecule has 0 amide bonds. The van der Waals surface area contributed by atoms with Gasteiger partial charge in [0, 0.05) is 52.5 Å². The molecule has 1 N–H and O–H groups in total. The summed E-state index contributed by atoms with van der Waals surface area (Å²) in [4.78, 5) is 2.30. The van der Waals surface area contributed by atoms with Crippen LogP contribution in [0.25, 0.3) is 0 Å². The molecule has 0 aromatic heterocycles. The maximum absolute atomic E-state index is 11.3. The van der Waals surface area contributed by atoms with Gasteiger partial charge in [-0.05, 0) is 74.8 Å². The first-order valence-electron chi connectivity index (χ1n) is 16.4. The van der Waals surface area contributed by atoms with Gasteiger partial charge in [-0.3, -0.25) is 4.55 Å². The fourth-order valence-corrected chi connectivity index (χ4v) is 8.09. The van der Waals surface area contributed by atoms with E-state index < -0.39 is 10.1 Å². The van der Waals surface area contributed by atoms with Crippen LogP contribution in [0.3, 0.4) is 0 Å². The van der Waals surface area contributed by atoms with Gasteiger partial charge in [0.2, 0.25) is 5.69 Å². The number of allylic oxidation sites excluding steroid dienone is 8. The van der Waals surface area contributed by atoms with E-state index in [4.69, 9.17) is 11.6 Å². The minimum absolute atomic E-state index is 0.0814. The van der Waals surface area contributed by atoms with Gasteiger partial charge in [-0.1, -0.05) is 87.3 Å². The second kappa shape index (κ2) is 13.4. The summed E-state index contributed by atoms with van der Waals surface area (Å²) in [5.74, 6) is -0.218. The second-order valence-corrected chi connectivity index (χ2v) is 15.5. The average molecular weight is 648 g/mol. The van der Waals surface area contributed by atoms with E-state index in [-0.39, 0.29) is 16.6 Å². The van der Waals surface area contributed by atoms with Crippen molar-refractivity contribution >= 4 is 38.8 Å². The smallest absolute Gasteiger partial charge is 0.264 e. The Hall–Kier alpha value is -2.93. The fraction of sp³-hybridized carbons (Fsp3) is 0.447. The van der Waals surface area contributed by atoms with E-state index in [9.17, 15) is 13.0 Å². The summed E-state index contributed by atoms with van der Waals surface area (Å²) >= 11 is 7.07. The lowest BCUT2D eigenvalue weighted by Gasteiger charge is -2.27. The van der Waals surface area contributed by atoms with E-state index in [1.807, 2.05) is 6.07 Å². The third-order valence-corrected chi connectivity index (χ3v) is 11.0. The Morgan fingerprint density at radius 1 is 0.889 bits per heavy atom. The Bertz CT molecular complexity index is 1710. The molecular formula is C38H48ClN2O3S+. The van der Waals surface area contributed by atoms with E-state index in [0.717, 1.165) is 35.7 Å². The summed E-state index contributed by atoms with van der Waals surface area (Å²) in [7, 11) is -3.96. The lowest BCUT2D eigenvalue weighted by atomic mass is 9.81. The lowest BCUT2D eigenvalue weighted by molar-refractivity contribution is -0.438. The van der Waals surface area contributed by atoms with Crippen molar-refractivity contribution in [2.45, 2.75) is 90.4 Å². The second-order valence-electron chi connectivity index (χ2n) is 13.6. The van der Waals surface area contributed by atoms with Gasteiger partial charge in [0.1, 0.15) is 6.54 Å². The van der Waals surface area contributed by atoms with Gasteiger partial charge in [0.15, 0.2) is 5.71 Å². The van der Waals surface area contributed by atoms with Crippen molar-refractivity contribution in [1.82, 2.24) is 0 Å². The molecule has 45 heavy (non-hydrogen) atoms. The molecule has 5 nitrogen and oxygen atoms in total. The van der Waals surface area contributed by atoms with Gasteiger partial charge in [0.05, 0.1) is 11.2 Å². The van der Waals surface area contributed by atoms with Crippen LogP contribution in [-0.2, 0) is 20.9 Å². The van der Waals surface area contributed by atoms with Gasteiger partial charge < -0.3 is 4.90 Å². The zero-order valence-corrected chi connectivity index (χ0v) is 29.0. The van der Waals surface area contributed by atoms with Gasteiger partial charge in [-0.15, -0.1) is 0 Å². The topological polar surface area (TPSA) is 60.6 Å². The predicted molar refractivity (Wildman–Crippen MR) is 189 cm³/mol. The average Bonchev–Trinajstić information content (AvgIpc) is 3.53. The summed E-state index contributed by atoms with van der Waals surface area (Å²) in [6.45, 7) is 13.1. The molecule has 2 aromatic carbocycles. The molecular weight excluding hydrogens is 600 g/mol. The normalized spacial score (nSPS) is 20.7. The molecule has 240 valence electrons. The summed E-state index contributed by atoms with van der Waals surface area (Å²) in [6.07, 6.45) is 15.4. The number of rotatable bonds is 12. The Balaban J connectivity index is 1.42. The minimum atomic E-state index is -3.96. The van der Waals surface area contributed by atoms with Crippen LogP contribution in [0.4, 0.5) is 11.4 Å². The molecule has 2 heterocycles. The molecule has 0 atom stereocenters. The van der Waals surface area contributed by atoms with Crippen molar-refractivity contribution in [3.05, 3.63) is 106 Å². The number of halogens is 1. The SMILES string of the molecule is CCCCC[N+]1=C(C=CC2=C(Cl)C(=CC=C3N(CCCCS(=O)(=O)O)c4ccccc4C3(C)C)CC2)C(C)(C)c2ccccc21. The van der Waals surface area contributed by atoms with Crippen LogP contribution in [0.15, 0.2) is 94.7 Å². The van der Waals surface area contributed by atoms with E-state index in [2.05, 4.69) is 111 Å². The number of benzene rings is 2. The van der Waals surface area contributed by atoms with Crippen molar-refractivity contribution in [1.29, 1.82) is 0 Å². The molecule has 0 spiro atoms. The Kier molecular flexibility index (Phi) is 9.98. The van der Waals surface area contributed by atoms with Crippen molar-refractivity contribution in [2.75, 3.05) is 23.7 Å². The van der Waals surface area contributed by atoms with Gasteiger partial charge >= 0.3 is 0 Å². The zero-order valence-electron chi connectivity index (χ0n) is 27.4. The Labute approximate surface area is 275 Å². The zero-order chi connectivity index (χ0) is 32.4. The first-order chi connectivity index (χ1) is 21.4. The highest BCUT2D eigenvalue weighted by Crippen LogP contribution is 2.48. The summed E-state index contributed by atoms with van der Waals surface area (Å²) in [6, 6.07) is 17.2.